The molecule has 0 bridgehead atoms. The molecular formula is C35H46FN5O7. The zero-order valence-corrected chi connectivity index (χ0v) is 29.0. The maximum Gasteiger partial charge on any atom is 0.410 e. The molecule has 1 aromatic carbocycles. The predicted molar refractivity (Wildman–Crippen MR) is 180 cm³/mol. The van der Waals surface area contributed by atoms with Crippen molar-refractivity contribution < 1.29 is 33.0 Å². The monoisotopic (exact) mass is 667 g/mol. The number of Topliss-reactive ketones (excluding diaryl/α,β-unsaturated/α-hetero) is 1. The van der Waals surface area contributed by atoms with Crippen LogP contribution in [0.1, 0.15) is 44.9 Å². The lowest BCUT2D eigenvalue weighted by Gasteiger charge is -2.26. The zero-order valence-electron chi connectivity index (χ0n) is 29.0. The van der Waals surface area contributed by atoms with Crippen LogP contribution in [0.15, 0.2) is 59.5 Å². The van der Waals surface area contributed by atoms with E-state index < -0.39 is 29.7 Å². The van der Waals surface area contributed by atoms with Crippen LogP contribution in [0.3, 0.4) is 0 Å². The van der Waals surface area contributed by atoms with E-state index in [0.717, 1.165) is 11.2 Å². The number of likely N-dealkylation sites (N-methyl/N-ethyl adjacent to an activating group) is 3. The quantitative estimate of drug-likeness (QED) is 0.248. The number of aromatic nitrogens is 2. The van der Waals surface area contributed by atoms with Crippen LogP contribution >= 0.6 is 0 Å². The standard InChI is InChI=1S/C35H46FN5O7/c1-35(2,3)48-34(46)39(7)19-18-38(6)33(45)47-30(13-9-10-14-31(43)37(4)5)29(42)22-24-12-11-17-41(32(24)44)23-27-21-25-20-26(36)15-16-28(25)40(27)8/h10-12,14-17,20-21,30H,9,13,18-19,22-23H2,1-8H3/b14-10+/t30-/m0/s1. The van der Waals surface area contributed by atoms with Crippen molar-refractivity contribution in [3.8, 4) is 0 Å². The third kappa shape index (κ3) is 10.5. The third-order valence-electron chi connectivity index (χ3n) is 7.59. The molecule has 13 heteroatoms. The van der Waals surface area contributed by atoms with E-state index in [4.69, 9.17) is 9.47 Å². The number of halogens is 1. The first-order valence-corrected chi connectivity index (χ1v) is 15.7. The van der Waals surface area contributed by atoms with Crippen LogP contribution < -0.4 is 5.56 Å². The van der Waals surface area contributed by atoms with Gasteiger partial charge in [-0.2, -0.15) is 0 Å². The molecule has 2 heterocycles. The maximum absolute atomic E-state index is 13.8. The Morgan fingerprint density at radius 3 is 2.29 bits per heavy atom. The van der Waals surface area contributed by atoms with Crippen molar-refractivity contribution in [3.05, 3.63) is 82.2 Å². The Kier molecular flexibility index (Phi) is 12.7. The number of benzene rings is 1. The van der Waals surface area contributed by atoms with E-state index in [1.807, 2.05) is 17.7 Å². The molecule has 0 aliphatic carbocycles. The number of fused-ring (bicyclic) bond motifs is 1. The van der Waals surface area contributed by atoms with Crippen molar-refractivity contribution in [1.82, 2.24) is 23.8 Å². The van der Waals surface area contributed by atoms with Gasteiger partial charge in [-0.05, 0) is 70.0 Å². The molecule has 3 aromatic rings. The van der Waals surface area contributed by atoms with Crippen LogP contribution in [0.4, 0.5) is 14.0 Å². The van der Waals surface area contributed by atoms with E-state index in [1.165, 1.54) is 44.5 Å². The van der Waals surface area contributed by atoms with Gasteiger partial charge < -0.3 is 33.3 Å². The molecule has 0 spiro atoms. The van der Waals surface area contributed by atoms with Gasteiger partial charge in [0.15, 0.2) is 11.9 Å². The fourth-order valence-electron chi connectivity index (χ4n) is 4.75. The van der Waals surface area contributed by atoms with Crippen LogP contribution in [0.25, 0.3) is 10.9 Å². The third-order valence-corrected chi connectivity index (χ3v) is 7.59. The van der Waals surface area contributed by atoms with Crippen LogP contribution in [0, 0.1) is 5.82 Å². The number of allylic oxidation sites excluding steroid dienone is 1. The molecule has 0 fully saturated rings. The SMILES string of the molecule is CN(C)C(=O)/C=C/CC[C@H](OC(=O)N(C)CCN(C)C(=O)OC(C)(C)C)C(=O)Cc1cccn(Cc2cc3cc(F)ccc3n2C)c1=O. The lowest BCUT2D eigenvalue weighted by molar-refractivity contribution is -0.127. The van der Waals surface area contributed by atoms with Crippen LogP contribution in [0.5, 0.6) is 0 Å². The lowest BCUT2D eigenvalue weighted by Crippen LogP contribution is -2.41. The normalized spacial score (nSPS) is 12.2. The topological polar surface area (TPSA) is 123 Å². The van der Waals surface area contributed by atoms with Gasteiger partial charge in [-0.15, -0.1) is 0 Å². The van der Waals surface area contributed by atoms with Crippen molar-refractivity contribution >= 4 is 34.8 Å². The molecule has 0 aliphatic heterocycles. The van der Waals surface area contributed by atoms with E-state index >= 15 is 0 Å². The summed E-state index contributed by atoms with van der Waals surface area (Å²) in [5.41, 5.74) is 0.754. The summed E-state index contributed by atoms with van der Waals surface area (Å²) >= 11 is 0. The summed E-state index contributed by atoms with van der Waals surface area (Å²) in [6, 6.07) is 9.52. The first kappa shape index (κ1) is 37.5. The highest BCUT2D eigenvalue weighted by Crippen LogP contribution is 2.20. The number of amides is 3. The highest BCUT2D eigenvalue weighted by molar-refractivity contribution is 5.88. The molecule has 260 valence electrons. The summed E-state index contributed by atoms with van der Waals surface area (Å²) in [5.74, 6) is -1.07. The largest absolute Gasteiger partial charge is 0.444 e. The molecule has 48 heavy (non-hydrogen) atoms. The van der Waals surface area contributed by atoms with Gasteiger partial charge in [0.05, 0.1) is 6.54 Å². The summed E-state index contributed by atoms with van der Waals surface area (Å²) in [6.45, 7) is 5.72. The smallest absolute Gasteiger partial charge is 0.410 e. The Bertz CT molecular complexity index is 1720. The average molecular weight is 668 g/mol. The minimum Gasteiger partial charge on any atom is -0.444 e. The van der Waals surface area contributed by atoms with E-state index in [1.54, 1.807) is 72.4 Å². The van der Waals surface area contributed by atoms with Gasteiger partial charge in [0.25, 0.3) is 5.56 Å². The molecular weight excluding hydrogens is 621 g/mol. The minimum absolute atomic E-state index is 0.0843. The maximum atomic E-state index is 13.8. The van der Waals surface area contributed by atoms with Gasteiger partial charge in [-0.3, -0.25) is 14.4 Å². The number of ketones is 1. The summed E-state index contributed by atoms with van der Waals surface area (Å²) < 4.78 is 28.1. The Hall–Kier alpha value is -4.94. The van der Waals surface area contributed by atoms with Gasteiger partial charge in [-0.1, -0.05) is 12.1 Å². The molecule has 0 N–H and O–H groups in total. The molecule has 3 amide bonds. The molecule has 0 radical (unpaired) electrons. The molecule has 1 atom stereocenters. The van der Waals surface area contributed by atoms with E-state index in [9.17, 15) is 28.4 Å². The average Bonchev–Trinajstić information content (AvgIpc) is 3.31. The Morgan fingerprint density at radius 2 is 1.65 bits per heavy atom. The van der Waals surface area contributed by atoms with Crippen molar-refractivity contribution in [2.45, 2.75) is 58.3 Å². The molecule has 0 saturated heterocycles. The van der Waals surface area contributed by atoms with Crippen LogP contribution in [-0.2, 0) is 39.1 Å². The Labute approximate surface area is 280 Å². The minimum atomic E-state index is -1.20. The number of hydrogen-bond acceptors (Lipinski definition) is 7. The molecule has 2 aromatic heterocycles. The predicted octanol–water partition coefficient (Wildman–Crippen LogP) is 4.37. The van der Waals surface area contributed by atoms with E-state index in [2.05, 4.69) is 0 Å². The number of nitrogens with zero attached hydrogens (tertiary/aromatic N) is 5. The second-order valence-electron chi connectivity index (χ2n) is 12.9. The fourth-order valence-corrected chi connectivity index (χ4v) is 4.75. The van der Waals surface area contributed by atoms with Crippen molar-refractivity contribution in [3.63, 3.8) is 0 Å². The fraction of sp³-hybridized carbons (Fsp3) is 0.457. The number of pyridine rings is 1. The molecule has 0 aliphatic rings. The summed E-state index contributed by atoms with van der Waals surface area (Å²) in [7, 11) is 8.10. The molecule has 3 rings (SSSR count). The highest BCUT2D eigenvalue weighted by atomic mass is 19.1. The van der Waals surface area contributed by atoms with Gasteiger partial charge in [0.1, 0.15) is 11.4 Å². The van der Waals surface area contributed by atoms with Gasteiger partial charge >= 0.3 is 12.2 Å². The summed E-state index contributed by atoms with van der Waals surface area (Å²) in [5, 5.41) is 0.708. The Balaban J connectivity index is 1.74. The van der Waals surface area contributed by atoms with Crippen LogP contribution in [0.2, 0.25) is 0 Å². The second-order valence-corrected chi connectivity index (χ2v) is 12.9. The first-order chi connectivity index (χ1) is 22.5. The Morgan fingerprint density at radius 1 is 0.979 bits per heavy atom. The van der Waals surface area contributed by atoms with E-state index in [0.29, 0.717) is 5.39 Å². The first-order valence-electron chi connectivity index (χ1n) is 15.7. The summed E-state index contributed by atoms with van der Waals surface area (Å²) in [6.07, 6.45) is 2.11. The number of aryl methyl sites for hydroxylation is 1. The molecule has 0 unspecified atom stereocenters. The molecule has 0 saturated carbocycles. The number of rotatable bonds is 13. The van der Waals surface area contributed by atoms with Crippen molar-refractivity contribution in [1.29, 1.82) is 0 Å². The zero-order chi connectivity index (χ0) is 35.8. The van der Waals surface area contributed by atoms with Crippen LogP contribution in [-0.4, -0.2) is 101 Å². The number of hydrogen-bond donors (Lipinski definition) is 0. The highest BCUT2D eigenvalue weighted by Gasteiger charge is 2.26. The second kappa shape index (κ2) is 16.2. The molecule has 12 nitrogen and oxygen atoms in total. The van der Waals surface area contributed by atoms with E-state index in [-0.39, 0.29) is 61.7 Å². The summed E-state index contributed by atoms with van der Waals surface area (Å²) in [4.78, 5) is 68.3. The van der Waals surface area contributed by atoms with Crippen molar-refractivity contribution in [2.24, 2.45) is 7.05 Å². The van der Waals surface area contributed by atoms with Crippen molar-refractivity contribution in [2.75, 3.05) is 41.3 Å². The lowest BCUT2D eigenvalue weighted by atomic mass is 10.0. The number of carbonyl (C=O) groups is 4. The van der Waals surface area contributed by atoms with Gasteiger partial charge in [0, 0.05) is 83.1 Å². The number of ether oxygens (including phenoxy) is 2. The van der Waals surface area contributed by atoms with Gasteiger partial charge in [-0.25, -0.2) is 14.0 Å². The number of carbonyl (C=O) groups excluding carboxylic acids is 4. The van der Waals surface area contributed by atoms with Gasteiger partial charge in [0.2, 0.25) is 5.91 Å².